The molecule has 1 heterocycles. The van der Waals surface area contributed by atoms with Crippen LogP contribution < -0.4 is 10.0 Å². The quantitative estimate of drug-likeness (QED) is 0.208. The molecule has 9 heteroatoms. The number of fused-ring (bicyclic) bond motifs is 1. The van der Waals surface area contributed by atoms with E-state index >= 15 is 0 Å². The first-order chi connectivity index (χ1) is 17.9. The lowest BCUT2D eigenvalue weighted by Crippen LogP contribution is -2.18. The molecule has 186 valence electrons. The fourth-order valence-corrected chi connectivity index (χ4v) is 6.62. The molecule has 0 saturated heterocycles. The first kappa shape index (κ1) is 25.0. The van der Waals surface area contributed by atoms with Crippen molar-refractivity contribution in [2.45, 2.75) is 22.0 Å². The molecule has 0 fully saturated rings. The van der Waals surface area contributed by atoms with E-state index in [4.69, 9.17) is 0 Å². The maximum Gasteiger partial charge on any atom is 0.261 e. The lowest BCUT2D eigenvalue weighted by atomic mass is 10.1. The van der Waals surface area contributed by atoms with Gasteiger partial charge in [-0.3, -0.25) is 9.52 Å². The Morgan fingerprint density at radius 1 is 0.865 bits per heavy atom. The molecule has 37 heavy (non-hydrogen) atoms. The van der Waals surface area contributed by atoms with Crippen molar-refractivity contribution in [3.8, 4) is 0 Å². The highest BCUT2D eigenvalue weighted by Gasteiger charge is 2.23. The second-order valence-electron chi connectivity index (χ2n) is 8.33. The molecular formula is C28H23N3O3S3. The number of aryl methyl sites for hydroxylation is 1. The number of carbonyl (C=O) groups excluding carboxylic acids is 1. The molecule has 4 aromatic carbocycles. The Balaban J connectivity index is 1.33. The number of rotatable bonds is 8. The van der Waals surface area contributed by atoms with Gasteiger partial charge in [0.2, 0.25) is 5.91 Å². The topological polar surface area (TPSA) is 88.2 Å². The van der Waals surface area contributed by atoms with Gasteiger partial charge in [0, 0.05) is 10.6 Å². The van der Waals surface area contributed by atoms with Gasteiger partial charge in [0.1, 0.15) is 5.25 Å². The van der Waals surface area contributed by atoms with Crippen LogP contribution in [-0.2, 0) is 14.8 Å². The zero-order valence-electron chi connectivity index (χ0n) is 19.8. The van der Waals surface area contributed by atoms with E-state index in [1.807, 2.05) is 61.5 Å². The van der Waals surface area contributed by atoms with Gasteiger partial charge >= 0.3 is 0 Å². The summed E-state index contributed by atoms with van der Waals surface area (Å²) in [6.07, 6.45) is 0. The Bertz CT molecular complexity index is 1600. The number of sulfonamides is 1. The Morgan fingerprint density at radius 3 is 2.24 bits per heavy atom. The molecule has 0 saturated carbocycles. The first-order valence-electron chi connectivity index (χ1n) is 11.4. The van der Waals surface area contributed by atoms with Crippen LogP contribution in [0, 0.1) is 6.92 Å². The predicted molar refractivity (Wildman–Crippen MR) is 152 cm³/mol. The summed E-state index contributed by atoms with van der Waals surface area (Å²) >= 11 is 2.82. The second kappa shape index (κ2) is 10.8. The summed E-state index contributed by atoms with van der Waals surface area (Å²) in [6, 6.07) is 31.0. The van der Waals surface area contributed by atoms with Crippen LogP contribution in [0.4, 0.5) is 10.8 Å². The minimum atomic E-state index is -3.69. The van der Waals surface area contributed by atoms with Crippen LogP contribution in [-0.4, -0.2) is 19.3 Å². The average molecular weight is 546 g/mol. The number of carbonyl (C=O) groups is 1. The highest BCUT2D eigenvalue weighted by Crippen LogP contribution is 2.37. The second-order valence-corrected chi connectivity index (χ2v) is 12.2. The first-order valence-corrected chi connectivity index (χ1v) is 14.6. The smallest absolute Gasteiger partial charge is 0.261 e. The molecule has 1 atom stereocenters. The van der Waals surface area contributed by atoms with Gasteiger partial charge < -0.3 is 5.32 Å². The molecule has 5 rings (SSSR count). The number of para-hydroxylation sites is 1. The molecule has 6 nitrogen and oxygen atoms in total. The molecule has 0 aliphatic carbocycles. The van der Waals surface area contributed by atoms with E-state index in [9.17, 15) is 13.2 Å². The number of thiazole rings is 1. The monoisotopic (exact) mass is 545 g/mol. The van der Waals surface area contributed by atoms with Crippen molar-refractivity contribution in [1.82, 2.24) is 4.98 Å². The molecule has 1 aromatic heterocycles. The van der Waals surface area contributed by atoms with E-state index < -0.39 is 15.3 Å². The van der Waals surface area contributed by atoms with E-state index in [-0.39, 0.29) is 10.8 Å². The molecular weight excluding hydrogens is 523 g/mol. The summed E-state index contributed by atoms with van der Waals surface area (Å²) in [7, 11) is -3.69. The van der Waals surface area contributed by atoms with Gasteiger partial charge in [0.15, 0.2) is 5.13 Å². The highest BCUT2D eigenvalue weighted by atomic mass is 32.2. The number of aromatic nitrogens is 1. The van der Waals surface area contributed by atoms with E-state index in [1.54, 1.807) is 48.5 Å². The number of nitrogens with zero attached hydrogens (tertiary/aromatic N) is 1. The summed E-state index contributed by atoms with van der Waals surface area (Å²) in [5.74, 6) is -0.181. The average Bonchev–Trinajstić information content (AvgIpc) is 3.31. The molecule has 2 N–H and O–H groups in total. The number of thioether (sulfide) groups is 1. The number of hydrogen-bond donors (Lipinski definition) is 2. The number of nitrogens with one attached hydrogen (secondary N) is 2. The predicted octanol–water partition coefficient (Wildman–Crippen LogP) is 6.88. The molecule has 0 aliphatic rings. The third-order valence-corrected chi connectivity index (χ3v) is 9.17. The Morgan fingerprint density at radius 2 is 1.54 bits per heavy atom. The van der Waals surface area contributed by atoms with Crippen LogP contribution in [0.15, 0.2) is 113 Å². The number of hydrogen-bond acceptors (Lipinski definition) is 6. The van der Waals surface area contributed by atoms with Crippen LogP contribution in [0.5, 0.6) is 0 Å². The van der Waals surface area contributed by atoms with Crippen molar-refractivity contribution in [2.75, 3.05) is 10.0 Å². The standard InChI is InChI=1S/C28H23N3O3S3/c1-19-11-17-23(18-12-19)37(33,34)31-21-13-15-22(16-14-21)35-26(20-7-3-2-4-8-20)27(32)30-28-29-24-9-5-6-10-25(24)36-28/h2-18,26,31H,1H3,(H,29,30,32). The number of amides is 1. The van der Waals surface area contributed by atoms with E-state index in [2.05, 4.69) is 15.0 Å². The maximum absolute atomic E-state index is 13.4. The molecule has 1 amide bonds. The van der Waals surface area contributed by atoms with Crippen molar-refractivity contribution in [3.05, 3.63) is 114 Å². The maximum atomic E-state index is 13.4. The number of benzene rings is 4. The van der Waals surface area contributed by atoms with Gasteiger partial charge in [-0.15, -0.1) is 11.8 Å². The van der Waals surface area contributed by atoms with Crippen LogP contribution in [0.1, 0.15) is 16.4 Å². The van der Waals surface area contributed by atoms with Gasteiger partial charge in [0.25, 0.3) is 10.0 Å². The van der Waals surface area contributed by atoms with Crippen molar-refractivity contribution in [2.24, 2.45) is 0 Å². The zero-order chi connectivity index (χ0) is 25.8. The molecule has 0 spiro atoms. The molecule has 0 aliphatic heterocycles. The fourth-order valence-electron chi connectivity index (χ4n) is 3.67. The van der Waals surface area contributed by atoms with E-state index in [0.717, 1.165) is 26.2 Å². The van der Waals surface area contributed by atoms with Crippen LogP contribution >= 0.6 is 23.1 Å². The summed E-state index contributed by atoms with van der Waals surface area (Å²) < 4.78 is 29.0. The van der Waals surface area contributed by atoms with Gasteiger partial charge in [-0.2, -0.15) is 0 Å². The number of anilines is 2. The molecule has 0 bridgehead atoms. The third-order valence-electron chi connectivity index (χ3n) is 5.56. The minimum absolute atomic E-state index is 0.181. The lowest BCUT2D eigenvalue weighted by molar-refractivity contribution is -0.115. The lowest BCUT2D eigenvalue weighted by Gasteiger charge is -2.16. The van der Waals surface area contributed by atoms with Crippen molar-refractivity contribution < 1.29 is 13.2 Å². The van der Waals surface area contributed by atoms with Crippen LogP contribution in [0.25, 0.3) is 10.2 Å². The van der Waals surface area contributed by atoms with Gasteiger partial charge in [-0.25, -0.2) is 13.4 Å². The Labute approximate surface area is 223 Å². The van der Waals surface area contributed by atoms with Gasteiger partial charge in [-0.05, 0) is 61.0 Å². The molecule has 1 unspecified atom stereocenters. The van der Waals surface area contributed by atoms with Crippen molar-refractivity contribution in [1.29, 1.82) is 0 Å². The SMILES string of the molecule is Cc1ccc(S(=O)(=O)Nc2ccc(SC(C(=O)Nc3nc4ccccc4s3)c3ccccc3)cc2)cc1. The van der Waals surface area contributed by atoms with E-state index in [0.29, 0.717) is 10.8 Å². The van der Waals surface area contributed by atoms with Crippen molar-refractivity contribution in [3.63, 3.8) is 0 Å². The normalized spacial score (nSPS) is 12.2. The minimum Gasteiger partial charge on any atom is -0.301 e. The highest BCUT2D eigenvalue weighted by molar-refractivity contribution is 8.00. The van der Waals surface area contributed by atoms with E-state index in [1.165, 1.54) is 23.1 Å². The van der Waals surface area contributed by atoms with Crippen LogP contribution in [0.2, 0.25) is 0 Å². The summed E-state index contributed by atoms with van der Waals surface area (Å²) in [5, 5.41) is 3.00. The summed E-state index contributed by atoms with van der Waals surface area (Å²) in [6.45, 7) is 1.90. The molecule has 5 aromatic rings. The summed E-state index contributed by atoms with van der Waals surface area (Å²) in [4.78, 5) is 18.9. The molecule has 0 radical (unpaired) electrons. The third kappa shape index (κ3) is 6.02. The summed E-state index contributed by atoms with van der Waals surface area (Å²) in [5.41, 5.74) is 3.13. The van der Waals surface area contributed by atoms with Crippen molar-refractivity contribution >= 4 is 60.1 Å². The Hall–Kier alpha value is -3.66. The van der Waals surface area contributed by atoms with Gasteiger partial charge in [-0.1, -0.05) is 71.5 Å². The largest absolute Gasteiger partial charge is 0.301 e. The Kier molecular flexibility index (Phi) is 7.27. The fraction of sp³-hybridized carbons (Fsp3) is 0.0714. The van der Waals surface area contributed by atoms with Crippen LogP contribution in [0.3, 0.4) is 0 Å². The zero-order valence-corrected chi connectivity index (χ0v) is 22.2. The van der Waals surface area contributed by atoms with Gasteiger partial charge in [0.05, 0.1) is 15.1 Å².